The van der Waals surface area contributed by atoms with Gasteiger partial charge in [0.05, 0.1) is 26.9 Å². The van der Waals surface area contributed by atoms with Crippen molar-refractivity contribution in [2.24, 2.45) is 0 Å². The van der Waals surface area contributed by atoms with Gasteiger partial charge in [-0.15, -0.1) is 11.3 Å². The smallest absolute Gasteiger partial charge is 0.223 e. The van der Waals surface area contributed by atoms with Crippen LogP contribution < -0.4 is 0 Å². The highest BCUT2D eigenvalue weighted by molar-refractivity contribution is 7.91. The van der Waals surface area contributed by atoms with E-state index in [-0.39, 0.29) is 29.0 Å². The van der Waals surface area contributed by atoms with Crippen molar-refractivity contribution in [1.82, 2.24) is 9.88 Å². The molecule has 27 heavy (non-hydrogen) atoms. The van der Waals surface area contributed by atoms with E-state index >= 15 is 0 Å². The van der Waals surface area contributed by atoms with Crippen molar-refractivity contribution in [2.75, 3.05) is 12.8 Å². The maximum Gasteiger partial charge on any atom is 0.223 e. The number of rotatable bonds is 6. The number of carbonyl (C=O) groups excluding carboxylic acids is 1. The summed E-state index contributed by atoms with van der Waals surface area (Å²) < 4.78 is 38.7. The van der Waals surface area contributed by atoms with Gasteiger partial charge in [-0.3, -0.25) is 4.79 Å². The quantitative estimate of drug-likeness (QED) is 0.584. The third-order valence-electron chi connectivity index (χ3n) is 4.40. The minimum absolute atomic E-state index is 0.0126. The second-order valence-electron chi connectivity index (χ2n) is 6.22. The average Bonchev–Trinajstić information content (AvgIpc) is 3.09. The fraction of sp³-hybridized carbons (Fsp3) is 0.263. The van der Waals surface area contributed by atoms with Crippen LogP contribution in [0.1, 0.15) is 24.4 Å². The van der Waals surface area contributed by atoms with Gasteiger partial charge < -0.3 is 4.90 Å². The highest BCUT2D eigenvalue weighted by Gasteiger charge is 2.23. The van der Waals surface area contributed by atoms with Gasteiger partial charge in [-0.25, -0.2) is 17.8 Å². The van der Waals surface area contributed by atoms with Crippen LogP contribution in [0.4, 0.5) is 4.39 Å². The Bertz CT molecular complexity index is 1030. The van der Waals surface area contributed by atoms with Gasteiger partial charge in [0.15, 0.2) is 9.84 Å². The van der Waals surface area contributed by atoms with E-state index in [0.29, 0.717) is 0 Å². The molecule has 3 rings (SSSR count). The monoisotopic (exact) mass is 406 g/mol. The van der Waals surface area contributed by atoms with Crippen molar-refractivity contribution in [3.63, 3.8) is 0 Å². The number of thiazole rings is 1. The number of halogens is 1. The molecule has 0 fully saturated rings. The summed E-state index contributed by atoms with van der Waals surface area (Å²) in [5.41, 5.74) is 0.879. The molecule has 0 saturated heterocycles. The summed E-state index contributed by atoms with van der Waals surface area (Å²) in [6, 6.07) is 12.1. The van der Waals surface area contributed by atoms with Crippen molar-refractivity contribution < 1.29 is 17.6 Å². The van der Waals surface area contributed by atoms with Gasteiger partial charge in [0.2, 0.25) is 5.91 Å². The maximum absolute atomic E-state index is 13.0. The van der Waals surface area contributed by atoms with E-state index in [0.717, 1.165) is 27.4 Å². The standard InChI is InChI=1S/C19H19FN2O3S2/c1-13(19-21-16-5-3-4-6-17(16)26-19)22(2)18(23)11-12-27(24,25)15-9-7-14(20)8-10-15/h3-10,13H,11-12H2,1-2H3/t13-/m1/s1. The molecule has 142 valence electrons. The van der Waals surface area contributed by atoms with Crippen molar-refractivity contribution in [2.45, 2.75) is 24.3 Å². The molecule has 0 spiro atoms. The summed E-state index contributed by atoms with van der Waals surface area (Å²) >= 11 is 1.51. The molecule has 0 aliphatic carbocycles. The van der Waals surface area contributed by atoms with Crippen molar-refractivity contribution >= 4 is 37.3 Å². The summed E-state index contributed by atoms with van der Waals surface area (Å²) in [5.74, 6) is -1.11. The Morgan fingerprint density at radius 2 is 1.85 bits per heavy atom. The summed E-state index contributed by atoms with van der Waals surface area (Å²) in [5, 5.41) is 0.799. The maximum atomic E-state index is 13.0. The lowest BCUT2D eigenvalue weighted by Crippen LogP contribution is -2.31. The summed E-state index contributed by atoms with van der Waals surface area (Å²) in [6.45, 7) is 1.87. The van der Waals surface area contributed by atoms with E-state index in [1.54, 1.807) is 7.05 Å². The lowest BCUT2D eigenvalue weighted by molar-refractivity contribution is -0.131. The van der Waals surface area contributed by atoms with Crippen molar-refractivity contribution in [1.29, 1.82) is 0 Å². The first-order chi connectivity index (χ1) is 12.8. The van der Waals surface area contributed by atoms with Gasteiger partial charge in [0.25, 0.3) is 0 Å². The highest BCUT2D eigenvalue weighted by Crippen LogP contribution is 2.29. The second-order valence-corrected chi connectivity index (χ2v) is 9.39. The van der Waals surface area contributed by atoms with E-state index in [2.05, 4.69) is 4.98 Å². The number of benzene rings is 2. The Labute approximate surface area is 161 Å². The molecule has 1 aromatic heterocycles. The molecule has 3 aromatic rings. The SMILES string of the molecule is C[C@H](c1nc2ccccc2s1)N(C)C(=O)CCS(=O)(=O)c1ccc(F)cc1. The van der Waals surface area contributed by atoms with Crippen LogP contribution in [-0.2, 0) is 14.6 Å². The van der Waals surface area contributed by atoms with Crippen LogP contribution in [0.3, 0.4) is 0 Å². The third kappa shape index (κ3) is 4.33. The average molecular weight is 407 g/mol. The Morgan fingerprint density at radius 3 is 2.52 bits per heavy atom. The minimum atomic E-state index is -3.64. The largest absolute Gasteiger partial charge is 0.337 e. The number of fused-ring (bicyclic) bond motifs is 1. The number of carbonyl (C=O) groups is 1. The molecule has 8 heteroatoms. The number of aromatic nitrogens is 1. The molecule has 0 bridgehead atoms. The zero-order chi connectivity index (χ0) is 19.6. The molecule has 0 N–H and O–H groups in total. The number of para-hydroxylation sites is 1. The van der Waals surface area contributed by atoms with E-state index in [1.807, 2.05) is 31.2 Å². The van der Waals surface area contributed by atoms with Crippen LogP contribution in [-0.4, -0.2) is 37.0 Å². The zero-order valence-electron chi connectivity index (χ0n) is 14.9. The summed E-state index contributed by atoms with van der Waals surface area (Å²) in [7, 11) is -2.00. The Kier molecular flexibility index (Phi) is 5.57. The van der Waals surface area contributed by atoms with Crippen LogP contribution in [0.25, 0.3) is 10.2 Å². The molecule has 0 aliphatic rings. The van der Waals surface area contributed by atoms with Gasteiger partial charge in [0.1, 0.15) is 10.8 Å². The first kappa shape index (κ1) is 19.4. The molecule has 2 aromatic carbocycles. The highest BCUT2D eigenvalue weighted by atomic mass is 32.2. The number of amides is 1. The topological polar surface area (TPSA) is 67.3 Å². The minimum Gasteiger partial charge on any atom is -0.337 e. The first-order valence-electron chi connectivity index (χ1n) is 8.37. The molecular weight excluding hydrogens is 387 g/mol. The van der Waals surface area contributed by atoms with Gasteiger partial charge in [0, 0.05) is 13.5 Å². The lowest BCUT2D eigenvalue weighted by Gasteiger charge is -2.23. The van der Waals surface area contributed by atoms with E-state index in [1.165, 1.54) is 28.4 Å². The predicted molar refractivity (Wildman–Crippen MR) is 104 cm³/mol. The molecule has 0 unspecified atom stereocenters. The molecule has 1 atom stereocenters. The van der Waals surface area contributed by atoms with E-state index < -0.39 is 15.7 Å². The molecule has 5 nitrogen and oxygen atoms in total. The van der Waals surface area contributed by atoms with Crippen LogP contribution in [0.5, 0.6) is 0 Å². The van der Waals surface area contributed by atoms with Crippen LogP contribution in [0, 0.1) is 5.82 Å². The summed E-state index contributed by atoms with van der Waals surface area (Å²) in [4.78, 5) is 18.6. The van der Waals surface area contributed by atoms with Gasteiger partial charge in [-0.2, -0.15) is 0 Å². The Morgan fingerprint density at radius 1 is 1.19 bits per heavy atom. The van der Waals surface area contributed by atoms with E-state index in [9.17, 15) is 17.6 Å². The fourth-order valence-corrected chi connectivity index (χ4v) is 4.90. The third-order valence-corrected chi connectivity index (χ3v) is 7.34. The van der Waals surface area contributed by atoms with Crippen molar-refractivity contribution in [3.8, 4) is 0 Å². The normalized spacial score (nSPS) is 12.9. The van der Waals surface area contributed by atoms with Gasteiger partial charge in [-0.05, 0) is 43.3 Å². The fourth-order valence-electron chi connectivity index (χ4n) is 2.61. The lowest BCUT2D eigenvalue weighted by atomic mass is 10.3. The second kappa shape index (κ2) is 7.74. The molecule has 1 heterocycles. The number of hydrogen-bond donors (Lipinski definition) is 0. The van der Waals surface area contributed by atoms with Gasteiger partial charge >= 0.3 is 0 Å². The molecule has 0 saturated carbocycles. The molecule has 0 aliphatic heterocycles. The first-order valence-corrected chi connectivity index (χ1v) is 10.8. The number of sulfone groups is 1. The molecule has 0 radical (unpaired) electrons. The predicted octanol–water partition coefficient (Wildman–Crippen LogP) is 3.82. The van der Waals surface area contributed by atoms with Crippen LogP contribution in [0.15, 0.2) is 53.4 Å². The Balaban J connectivity index is 1.67. The van der Waals surface area contributed by atoms with E-state index in [4.69, 9.17) is 0 Å². The van der Waals surface area contributed by atoms with Crippen molar-refractivity contribution in [3.05, 3.63) is 59.4 Å². The van der Waals surface area contributed by atoms with Crippen LogP contribution in [0.2, 0.25) is 0 Å². The van der Waals surface area contributed by atoms with Crippen LogP contribution >= 0.6 is 11.3 Å². The number of nitrogens with zero attached hydrogens (tertiary/aromatic N) is 2. The Hall–Kier alpha value is -2.32. The molecule has 1 amide bonds. The summed E-state index contributed by atoms with van der Waals surface area (Å²) in [6.07, 6.45) is -0.147. The molecular formula is C19H19FN2O3S2. The van der Waals surface area contributed by atoms with Gasteiger partial charge in [-0.1, -0.05) is 12.1 Å². The zero-order valence-corrected chi connectivity index (χ0v) is 16.6. The number of hydrogen-bond acceptors (Lipinski definition) is 5.